The molecule has 0 unspecified atom stereocenters. The number of hydrogen-bond donors (Lipinski definition) is 1. The molecule has 0 bridgehead atoms. The largest absolute Gasteiger partial charge is 0.398 e. The van der Waals surface area contributed by atoms with Gasteiger partial charge in [0.1, 0.15) is 0 Å². The number of nitrogen functional groups attached to an aromatic ring is 1. The van der Waals surface area contributed by atoms with Gasteiger partial charge in [-0.15, -0.1) is 23.2 Å². The number of benzene rings is 1. The van der Waals surface area contributed by atoms with Crippen molar-refractivity contribution in [2.24, 2.45) is 0 Å². The molecule has 0 fully saturated rings. The molecule has 14 heavy (non-hydrogen) atoms. The van der Waals surface area contributed by atoms with Crippen LogP contribution in [0.3, 0.4) is 0 Å². The van der Waals surface area contributed by atoms with Crippen LogP contribution in [0.5, 0.6) is 0 Å². The molecule has 4 heteroatoms. The Morgan fingerprint density at radius 3 is 2.64 bits per heavy atom. The van der Waals surface area contributed by atoms with Gasteiger partial charge in [-0.1, -0.05) is 12.1 Å². The third-order valence-electron chi connectivity index (χ3n) is 1.96. The molecule has 2 nitrogen and oxygen atoms in total. The summed E-state index contributed by atoms with van der Waals surface area (Å²) in [5, 5.41) is 0. The van der Waals surface area contributed by atoms with Crippen LogP contribution in [0, 0.1) is 0 Å². The van der Waals surface area contributed by atoms with E-state index in [1.54, 1.807) is 18.2 Å². The Bertz CT molecular complexity index is 339. The van der Waals surface area contributed by atoms with Crippen LogP contribution in [0.4, 0.5) is 5.69 Å². The van der Waals surface area contributed by atoms with Crippen LogP contribution in [-0.4, -0.2) is 11.7 Å². The molecular formula is C10H11Cl2NO. The number of halogens is 2. The molecule has 0 aliphatic rings. The molecule has 0 radical (unpaired) electrons. The summed E-state index contributed by atoms with van der Waals surface area (Å²) in [6, 6.07) is 5.27. The summed E-state index contributed by atoms with van der Waals surface area (Å²) in [5.41, 5.74) is 7.55. The number of rotatable bonds is 4. The van der Waals surface area contributed by atoms with Crippen LogP contribution in [-0.2, 0) is 5.88 Å². The Morgan fingerprint density at radius 2 is 2.07 bits per heavy atom. The van der Waals surface area contributed by atoms with E-state index in [9.17, 15) is 4.79 Å². The number of alkyl halides is 2. The smallest absolute Gasteiger partial charge is 0.166 e. The fraction of sp³-hybridized carbons (Fsp3) is 0.300. The summed E-state index contributed by atoms with van der Waals surface area (Å²) in [4.78, 5) is 11.5. The molecule has 76 valence electrons. The Labute approximate surface area is 93.0 Å². The lowest BCUT2D eigenvalue weighted by Crippen LogP contribution is -2.06. The van der Waals surface area contributed by atoms with Gasteiger partial charge < -0.3 is 5.73 Å². The van der Waals surface area contributed by atoms with E-state index in [4.69, 9.17) is 28.9 Å². The number of nitrogens with two attached hydrogens (primary N) is 1. The molecule has 0 amide bonds. The van der Waals surface area contributed by atoms with Crippen LogP contribution >= 0.6 is 23.2 Å². The van der Waals surface area contributed by atoms with E-state index in [2.05, 4.69) is 0 Å². The summed E-state index contributed by atoms with van der Waals surface area (Å²) in [7, 11) is 0. The van der Waals surface area contributed by atoms with Crippen molar-refractivity contribution >= 4 is 34.7 Å². The Morgan fingerprint density at radius 1 is 1.36 bits per heavy atom. The highest BCUT2D eigenvalue weighted by molar-refractivity contribution is 6.20. The molecule has 0 atom stereocenters. The zero-order valence-corrected chi connectivity index (χ0v) is 9.11. The monoisotopic (exact) mass is 231 g/mol. The number of para-hydroxylation sites is 1. The minimum Gasteiger partial charge on any atom is -0.398 e. The second kappa shape index (κ2) is 5.23. The Balaban J connectivity index is 3.03. The van der Waals surface area contributed by atoms with Gasteiger partial charge in [-0.25, -0.2) is 0 Å². The van der Waals surface area contributed by atoms with Crippen LogP contribution in [0.1, 0.15) is 22.3 Å². The van der Waals surface area contributed by atoms with Gasteiger partial charge in [0.25, 0.3) is 0 Å². The van der Waals surface area contributed by atoms with Crippen LogP contribution in [0.15, 0.2) is 18.2 Å². The molecule has 0 heterocycles. The zero-order chi connectivity index (χ0) is 10.6. The topological polar surface area (TPSA) is 43.1 Å². The van der Waals surface area contributed by atoms with E-state index >= 15 is 0 Å². The van der Waals surface area contributed by atoms with Crippen molar-refractivity contribution in [3.63, 3.8) is 0 Å². The summed E-state index contributed by atoms with van der Waals surface area (Å²) in [6.45, 7) is 0. The maximum atomic E-state index is 11.5. The van der Waals surface area contributed by atoms with Crippen LogP contribution in [0.2, 0.25) is 0 Å². The zero-order valence-electron chi connectivity index (χ0n) is 7.59. The summed E-state index contributed by atoms with van der Waals surface area (Å²) >= 11 is 11.2. The molecule has 0 spiro atoms. The van der Waals surface area contributed by atoms with Gasteiger partial charge in [0, 0.05) is 29.4 Å². The van der Waals surface area contributed by atoms with E-state index in [1.807, 2.05) is 0 Å². The molecule has 0 aliphatic heterocycles. The fourth-order valence-electron chi connectivity index (χ4n) is 1.19. The predicted octanol–water partition coefficient (Wildman–Crippen LogP) is 2.82. The number of Topliss-reactive ketones (excluding diaryl/α,β-unsaturated/α-hetero) is 1. The highest BCUT2D eigenvalue weighted by Crippen LogP contribution is 2.20. The van der Waals surface area contributed by atoms with Gasteiger partial charge in [0.15, 0.2) is 5.78 Å². The van der Waals surface area contributed by atoms with Gasteiger partial charge in [0.05, 0.1) is 0 Å². The fourth-order valence-corrected chi connectivity index (χ4v) is 1.60. The number of ketones is 1. The van der Waals surface area contributed by atoms with Crippen molar-refractivity contribution in [3.05, 3.63) is 29.3 Å². The first-order valence-electron chi connectivity index (χ1n) is 4.23. The Kier molecular flexibility index (Phi) is 4.23. The minimum absolute atomic E-state index is 0.0375. The molecule has 0 saturated heterocycles. The molecule has 0 aromatic heterocycles. The first-order chi connectivity index (χ1) is 6.70. The molecular weight excluding hydrogens is 221 g/mol. The van der Waals surface area contributed by atoms with Crippen molar-refractivity contribution in [2.45, 2.75) is 12.3 Å². The molecule has 1 aromatic rings. The van der Waals surface area contributed by atoms with Crippen LogP contribution in [0.25, 0.3) is 0 Å². The average Bonchev–Trinajstić information content (AvgIpc) is 2.18. The number of anilines is 1. The molecule has 1 aromatic carbocycles. The number of carbonyl (C=O) groups excluding carboxylic acids is 1. The molecule has 0 aliphatic carbocycles. The van der Waals surface area contributed by atoms with Crippen molar-refractivity contribution in [1.82, 2.24) is 0 Å². The second-order valence-corrected chi connectivity index (χ2v) is 3.52. The van der Waals surface area contributed by atoms with Gasteiger partial charge in [-0.05, 0) is 11.6 Å². The SMILES string of the molecule is Nc1c(CCl)cccc1C(=O)CCCl. The van der Waals surface area contributed by atoms with Crippen molar-refractivity contribution in [1.29, 1.82) is 0 Å². The predicted molar refractivity (Wildman–Crippen MR) is 60.1 cm³/mol. The average molecular weight is 232 g/mol. The Hall–Kier alpha value is -0.730. The molecule has 2 N–H and O–H groups in total. The van der Waals surface area contributed by atoms with E-state index in [1.165, 1.54) is 0 Å². The second-order valence-electron chi connectivity index (χ2n) is 2.87. The summed E-state index contributed by atoms with van der Waals surface area (Å²) in [6.07, 6.45) is 0.303. The number of carbonyl (C=O) groups is 1. The third kappa shape index (κ3) is 2.40. The highest BCUT2D eigenvalue weighted by atomic mass is 35.5. The summed E-state index contributed by atoms with van der Waals surface area (Å²) in [5.74, 6) is 0.585. The first kappa shape index (κ1) is 11.3. The van der Waals surface area contributed by atoms with E-state index in [0.29, 0.717) is 29.4 Å². The minimum atomic E-state index is -0.0375. The quantitative estimate of drug-likeness (QED) is 0.492. The van der Waals surface area contributed by atoms with Crippen molar-refractivity contribution < 1.29 is 4.79 Å². The lowest BCUT2D eigenvalue weighted by Gasteiger charge is -2.07. The number of hydrogen-bond acceptors (Lipinski definition) is 2. The maximum Gasteiger partial charge on any atom is 0.166 e. The van der Waals surface area contributed by atoms with Gasteiger partial charge in [-0.2, -0.15) is 0 Å². The van der Waals surface area contributed by atoms with Crippen LogP contribution < -0.4 is 5.73 Å². The lowest BCUT2D eigenvalue weighted by molar-refractivity contribution is 0.0990. The van der Waals surface area contributed by atoms with Crippen molar-refractivity contribution in [2.75, 3.05) is 11.6 Å². The molecule has 1 rings (SSSR count). The maximum absolute atomic E-state index is 11.5. The molecule has 0 saturated carbocycles. The van der Waals surface area contributed by atoms with E-state index in [0.717, 1.165) is 5.56 Å². The highest BCUT2D eigenvalue weighted by Gasteiger charge is 2.10. The standard InChI is InChI=1S/C10H11Cl2NO/c11-5-4-9(14)8-3-1-2-7(6-12)10(8)13/h1-3H,4-6,13H2. The van der Waals surface area contributed by atoms with E-state index < -0.39 is 0 Å². The van der Waals surface area contributed by atoms with Gasteiger partial charge >= 0.3 is 0 Å². The summed E-state index contributed by atoms with van der Waals surface area (Å²) < 4.78 is 0. The third-order valence-corrected chi connectivity index (χ3v) is 2.44. The van der Waals surface area contributed by atoms with E-state index in [-0.39, 0.29) is 5.78 Å². The normalized spacial score (nSPS) is 10.1. The van der Waals surface area contributed by atoms with Gasteiger partial charge in [0.2, 0.25) is 0 Å². The van der Waals surface area contributed by atoms with Crippen molar-refractivity contribution in [3.8, 4) is 0 Å². The lowest BCUT2D eigenvalue weighted by atomic mass is 10.0. The first-order valence-corrected chi connectivity index (χ1v) is 5.30. The van der Waals surface area contributed by atoms with Gasteiger partial charge in [-0.3, -0.25) is 4.79 Å².